The second-order valence-corrected chi connectivity index (χ2v) is 4.87. The molecule has 1 aliphatic rings. The molecule has 1 rings (SSSR count). The Balaban J connectivity index is 2.37. The van der Waals surface area contributed by atoms with Gasteiger partial charge in [0.15, 0.2) is 0 Å². The van der Waals surface area contributed by atoms with Crippen LogP contribution in [0.15, 0.2) is 0 Å². The summed E-state index contributed by atoms with van der Waals surface area (Å²) in [5.74, 6) is -2.39. The van der Waals surface area contributed by atoms with Crippen LogP contribution >= 0.6 is 0 Å². The number of nitrogens with one attached hydrogen (secondary N) is 3. The molecule has 21 heavy (non-hydrogen) atoms. The number of hydrogen-bond acceptors (Lipinski definition) is 3. The fourth-order valence-electron chi connectivity index (χ4n) is 1.37. The van der Waals surface area contributed by atoms with Crippen LogP contribution in [0.1, 0.15) is 19.8 Å². The lowest BCUT2D eigenvalue weighted by atomic mass is 10.0. The highest BCUT2D eigenvalue weighted by Crippen LogP contribution is 2.30. The molecule has 3 amide bonds. The number of aliphatic carboxylic acids is 1. The zero-order chi connectivity index (χ0) is 16.3. The van der Waals surface area contributed by atoms with Crippen LogP contribution in [0.5, 0.6) is 0 Å². The van der Waals surface area contributed by atoms with Crippen LogP contribution < -0.4 is 16.0 Å². The molecular formula is C11H16F3N3O4. The van der Waals surface area contributed by atoms with Gasteiger partial charge in [0, 0.05) is 19.0 Å². The van der Waals surface area contributed by atoms with E-state index < -0.39 is 23.7 Å². The molecule has 1 atom stereocenters. The van der Waals surface area contributed by atoms with Gasteiger partial charge in [0.25, 0.3) is 0 Å². The van der Waals surface area contributed by atoms with E-state index in [0.717, 1.165) is 12.8 Å². The predicted octanol–water partition coefficient (Wildman–Crippen LogP) is 0.217. The number of carboxylic acids is 1. The summed E-state index contributed by atoms with van der Waals surface area (Å²) >= 11 is 0. The van der Waals surface area contributed by atoms with E-state index in [1.807, 2.05) is 0 Å². The number of hydrogen-bond donors (Lipinski definition) is 4. The van der Waals surface area contributed by atoms with E-state index >= 15 is 0 Å². The fraction of sp³-hybridized carbons (Fsp3) is 0.727. The largest absolute Gasteiger partial charge is 0.479 e. The summed E-state index contributed by atoms with van der Waals surface area (Å²) in [4.78, 5) is 33.2. The van der Waals surface area contributed by atoms with Crippen molar-refractivity contribution in [2.75, 3.05) is 13.1 Å². The van der Waals surface area contributed by atoms with Gasteiger partial charge in [0.2, 0.25) is 11.4 Å². The highest BCUT2D eigenvalue weighted by Gasteiger charge is 2.58. The number of carboxylic acid groups (broad SMARTS) is 1. The van der Waals surface area contributed by atoms with Crippen molar-refractivity contribution in [2.24, 2.45) is 5.92 Å². The number of carbonyl (C=O) groups excluding carboxylic acids is 2. The molecule has 1 aliphatic carbocycles. The molecule has 0 bridgehead atoms. The average Bonchev–Trinajstić information content (AvgIpc) is 3.16. The minimum Gasteiger partial charge on any atom is -0.479 e. The Morgan fingerprint density at radius 3 is 2.10 bits per heavy atom. The molecule has 1 unspecified atom stereocenters. The summed E-state index contributed by atoms with van der Waals surface area (Å²) in [7, 11) is 0. The molecule has 0 aromatic heterocycles. The van der Waals surface area contributed by atoms with Crippen molar-refractivity contribution in [3.63, 3.8) is 0 Å². The van der Waals surface area contributed by atoms with Gasteiger partial charge in [-0.05, 0) is 19.8 Å². The zero-order valence-corrected chi connectivity index (χ0v) is 11.2. The first-order valence-corrected chi connectivity index (χ1v) is 6.22. The summed E-state index contributed by atoms with van der Waals surface area (Å²) in [6, 6.07) is -1.28. The number of halogens is 3. The van der Waals surface area contributed by atoms with Gasteiger partial charge in [0.05, 0.1) is 0 Å². The van der Waals surface area contributed by atoms with E-state index in [9.17, 15) is 27.6 Å². The Hall–Kier alpha value is -2.00. The number of amides is 3. The average molecular weight is 311 g/mol. The van der Waals surface area contributed by atoms with Crippen LogP contribution in [0, 0.1) is 5.92 Å². The molecule has 10 heteroatoms. The molecule has 0 heterocycles. The van der Waals surface area contributed by atoms with Gasteiger partial charge in [-0.25, -0.2) is 9.59 Å². The van der Waals surface area contributed by atoms with Gasteiger partial charge in [-0.15, -0.1) is 0 Å². The summed E-state index contributed by atoms with van der Waals surface area (Å²) in [6.45, 7) is 0.292. The van der Waals surface area contributed by atoms with E-state index in [0.29, 0.717) is 6.92 Å². The van der Waals surface area contributed by atoms with Crippen LogP contribution in [-0.2, 0) is 9.59 Å². The van der Waals surface area contributed by atoms with Crippen LogP contribution in [-0.4, -0.2) is 47.8 Å². The van der Waals surface area contributed by atoms with Crippen molar-refractivity contribution in [2.45, 2.75) is 31.5 Å². The van der Waals surface area contributed by atoms with Crippen LogP contribution in [0.25, 0.3) is 0 Å². The van der Waals surface area contributed by atoms with E-state index in [-0.39, 0.29) is 24.9 Å². The number of carbonyl (C=O) groups is 3. The van der Waals surface area contributed by atoms with Crippen molar-refractivity contribution < 1.29 is 32.7 Å². The molecular weight excluding hydrogens is 295 g/mol. The first-order valence-electron chi connectivity index (χ1n) is 6.22. The molecule has 4 N–H and O–H groups in total. The second-order valence-electron chi connectivity index (χ2n) is 4.87. The van der Waals surface area contributed by atoms with Gasteiger partial charge in [-0.1, -0.05) is 0 Å². The quantitative estimate of drug-likeness (QED) is 0.526. The maximum atomic E-state index is 12.6. The first-order chi connectivity index (χ1) is 9.58. The number of urea groups is 1. The molecule has 0 aromatic rings. The van der Waals surface area contributed by atoms with Gasteiger partial charge in [0.1, 0.15) is 0 Å². The van der Waals surface area contributed by atoms with Crippen molar-refractivity contribution in [3.8, 4) is 0 Å². The third-order valence-electron chi connectivity index (χ3n) is 3.02. The van der Waals surface area contributed by atoms with Gasteiger partial charge < -0.3 is 21.1 Å². The molecule has 1 fully saturated rings. The van der Waals surface area contributed by atoms with Crippen LogP contribution in [0.4, 0.5) is 18.0 Å². The van der Waals surface area contributed by atoms with Crippen molar-refractivity contribution in [3.05, 3.63) is 0 Å². The predicted molar refractivity (Wildman–Crippen MR) is 64.4 cm³/mol. The summed E-state index contributed by atoms with van der Waals surface area (Å²) in [5.41, 5.74) is -3.38. The molecule has 120 valence electrons. The first kappa shape index (κ1) is 17.1. The maximum absolute atomic E-state index is 12.6. The number of rotatable bonds is 6. The molecule has 7 nitrogen and oxygen atoms in total. The molecule has 0 aliphatic heterocycles. The maximum Gasteiger partial charge on any atom is 0.422 e. The molecule has 0 radical (unpaired) electrons. The second kappa shape index (κ2) is 6.19. The monoisotopic (exact) mass is 311 g/mol. The normalized spacial score (nSPS) is 17.5. The van der Waals surface area contributed by atoms with Crippen LogP contribution in [0.3, 0.4) is 0 Å². The Labute approximate surface area is 118 Å². The molecule has 0 saturated heterocycles. The van der Waals surface area contributed by atoms with E-state index in [1.54, 1.807) is 0 Å². The molecule has 0 spiro atoms. The van der Waals surface area contributed by atoms with Crippen molar-refractivity contribution in [1.82, 2.24) is 16.0 Å². The summed E-state index contributed by atoms with van der Waals surface area (Å²) in [5, 5.41) is 14.5. The van der Waals surface area contributed by atoms with Gasteiger partial charge >= 0.3 is 18.2 Å². The zero-order valence-electron chi connectivity index (χ0n) is 11.2. The lowest BCUT2D eigenvalue weighted by Gasteiger charge is -2.28. The Morgan fingerprint density at radius 2 is 1.67 bits per heavy atom. The minimum atomic E-state index is -5.14. The third-order valence-corrected chi connectivity index (χ3v) is 3.02. The topological polar surface area (TPSA) is 108 Å². The van der Waals surface area contributed by atoms with E-state index in [2.05, 4.69) is 10.6 Å². The Bertz CT molecular complexity index is 437. The SMILES string of the molecule is CC(NC(=O)NCCNC(=O)C1CC1)(C(=O)O)C(F)(F)F. The Kier molecular flexibility index (Phi) is 5.02. The van der Waals surface area contributed by atoms with Crippen molar-refractivity contribution >= 4 is 17.9 Å². The van der Waals surface area contributed by atoms with E-state index in [4.69, 9.17) is 5.11 Å². The highest BCUT2D eigenvalue weighted by molar-refractivity contribution is 5.86. The van der Waals surface area contributed by atoms with Crippen molar-refractivity contribution in [1.29, 1.82) is 0 Å². The molecule has 0 aromatic carbocycles. The third kappa shape index (κ3) is 4.50. The summed E-state index contributed by atoms with van der Waals surface area (Å²) < 4.78 is 37.9. The number of alkyl halides is 3. The highest BCUT2D eigenvalue weighted by atomic mass is 19.4. The van der Waals surface area contributed by atoms with Gasteiger partial charge in [-0.2, -0.15) is 13.2 Å². The Morgan fingerprint density at radius 1 is 1.14 bits per heavy atom. The fourth-order valence-corrected chi connectivity index (χ4v) is 1.37. The standard InChI is InChI=1S/C11H16F3N3O4/c1-10(8(19)20,11(12,13)14)17-9(21)16-5-4-15-7(18)6-2-3-6/h6H,2-5H2,1H3,(H,15,18)(H,19,20)(H2,16,17,21). The smallest absolute Gasteiger partial charge is 0.422 e. The van der Waals surface area contributed by atoms with E-state index in [1.165, 1.54) is 5.32 Å². The lowest BCUT2D eigenvalue weighted by Crippen LogP contribution is -2.63. The van der Waals surface area contributed by atoms with Crippen LogP contribution in [0.2, 0.25) is 0 Å². The lowest BCUT2D eigenvalue weighted by molar-refractivity contribution is -0.203. The minimum absolute atomic E-state index is 0.0145. The molecule has 1 saturated carbocycles. The summed E-state index contributed by atoms with van der Waals surface area (Å²) in [6.07, 6.45) is -3.53. The van der Waals surface area contributed by atoms with Gasteiger partial charge in [-0.3, -0.25) is 4.79 Å².